The number of nitrogens with one attached hydrogen (secondary N) is 1. The smallest absolute Gasteiger partial charge is 0.133 e. The minimum atomic E-state index is 0.724. The van der Waals surface area contributed by atoms with Crippen LogP contribution < -0.4 is 5.32 Å². The summed E-state index contributed by atoms with van der Waals surface area (Å²) in [6, 6.07) is 11.4. The Kier molecular flexibility index (Phi) is 3.04. The average molecular weight is 281 g/mol. The molecule has 4 rings (SSSR count). The van der Waals surface area contributed by atoms with Crippen LogP contribution in [0.1, 0.15) is 29.9 Å². The van der Waals surface area contributed by atoms with E-state index in [1.165, 1.54) is 29.3 Å². The molecular formula is C17H19N3O. The first-order valence-electron chi connectivity index (χ1n) is 7.52. The first kappa shape index (κ1) is 12.7. The Bertz CT molecular complexity index is 767. The molecule has 1 aliphatic carbocycles. The molecule has 2 heterocycles. The van der Waals surface area contributed by atoms with E-state index in [1.807, 2.05) is 13.0 Å². The molecule has 1 aromatic carbocycles. The van der Waals surface area contributed by atoms with E-state index < -0.39 is 0 Å². The number of hydrogen-bond donors (Lipinski definition) is 1. The van der Waals surface area contributed by atoms with E-state index in [0.717, 1.165) is 30.6 Å². The Morgan fingerprint density at radius 2 is 2.24 bits per heavy atom. The molecule has 0 atom stereocenters. The lowest BCUT2D eigenvalue weighted by molar-refractivity contribution is 0.389. The van der Waals surface area contributed by atoms with Crippen LogP contribution in [0.3, 0.4) is 0 Å². The van der Waals surface area contributed by atoms with Gasteiger partial charge in [0.05, 0.1) is 12.1 Å². The number of rotatable bonds is 5. The van der Waals surface area contributed by atoms with E-state index >= 15 is 0 Å². The lowest BCUT2D eigenvalue weighted by Gasteiger charge is -2.09. The highest BCUT2D eigenvalue weighted by molar-refractivity contribution is 5.83. The van der Waals surface area contributed by atoms with Crippen molar-refractivity contribution >= 4 is 10.9 Å². The van der Waals surface area contributed by atoms with Gasteiger partial charge in [-0.3, -0.25) is 0 Å². The van der Waals surface area contributed by atoms with Gasteiger partial charge in [0, 0.05) is 24.8 Å². The normalized spacial score (nSPS) is 14.9. The van der Waals surface area contributed by atoms with Crippen molar-refractivity contribution in [3.8, 4) is 0 Å². The van der Waals surface area contributed by atoms with Crippen molar-refractivity contribution in [2.24, 2.45) is 0 Å². The Labute approximate surface area is 123 Å². The molecule has 0 radical (unpaired) electrons. The summed E-state index contributed by atoms with van der Waals surface area (Å²) < 4.78 is 7.43. The minimum absolute atomic E-state index is 0.724. The van der Waals surface area contributed by atoms with Crippen molar-refractivity contribution in [1.29, 1.82) is 0 Å². The highest BCUT2D eigenvalue weighted by Gasteiger charge is 2.20. The molecule has 1 fully saturated rings. The fourth-order valence-electron chi connectivity index (χ4n) is 2.82. The summed E-state index contributed by atoms with van der Waals surface area (Å²) in [4.78, 5) is 0. The predicted octanol–water partition coefficient (Wildman–Crippen LogP) is 3.24. The first-order chi connectivity index (χ1) is 10.3. The van der Waals surface area contributed by atoms with Gasteiger partial charge in [0.1, 0.15) is 11.5 Å². The molecular weight excluding hydrogens is 262 g/mol. The molecule has 0 amide bonds. The van der Waals surface area contributed by atoms with Gasteiger partial charge < -0.3 is 14.4 Å². The van der Waals surface area contributed by atoms with Crippen LogP contribution in [-0.4, -0.2) is 15.8 Å². The lowest BCUT2D eigenvalue weighted by Crippen LogP contribution is -2.16. The summed E-state index contributed by atoms with van der Waals surface area (Å²) in [7, 11) is 0. The second-order valence-electron chi connectivity index (χ2n) is 5.88. The molecule has 0 unspecified atom stereocenters. The van der Waals surface area contributed by atoms with Crippen molar-refractivity contribution in [2.45, 2.75) is 38.9 Å². The van der Waals surface area contributed by atoms with Crippen LogP contribution in [0.15, 0.2) is 41.1 Å². The standard InChI is InChI=1S/C17H19N3O/c1-12-9-16(19-21-12)11-20-8-7-13-3-2-4-14(17(13)20)10-18-15-5-6-15/h2-4,7-9,15,18H,5-6,10-11H2,1H3. The van der Waals surface area contributed by atoms with Crippen molar-refractivity contribution in [3.05, 3.63) is 53.5 Å². The fraction of sp³-hybridized carbons (Fsp3) is 0.353. The zero-order valence-corrected chi connectivity index (χ0v) is 12.2. The molecule has 1 aliphatic rings. The fourth-order valence-corrected chi connectivity index (χ4v) is 2.82. The number of benzene rings is 1. The van der Waals surface area contributed by atoms with Gasteiger partial charge in [-0.15, -0.1) is 0 Å². The predicted molar refractivity (Wildman–Crippen MR) is 82.1 cm³/mol. The van der Waals surface area contributed by atoms with Gasteiger partial charge in [-0.25, -0.2) is 0 Å². The summed E-state index contributed by atoms with van der Waals surface area (Å²) in [5, 5.41) is 8.99. The summed E-state index contributed by atoms with van der Waals surface area (Å²) in [6.45, 7) is 3.61. The molecule has 3 aromatic rings. The quantitative estimate of drug-likeness (QED) is 0.780. The molecule has 4 heteroatoms. The Balaban J connectivity index is 1.67. The number of para-hydroxylation sites is 1. The molecule has 0 saturated heterocycles. The van der Waals surface area contributed by atoms with E-state index in [4.69, 9.17) is 4.52 Å². The molecule has 2 aromatic heterocycles. The van der Waals surface area contributed by atoms with Gasteiger partial charge in [-0.1, -0.05) is 23.4 Å². The molecule has 0 spiro atoms. The van der Waals surface area contributed by atoms with E-state index in [9.17, 15) is 0 Å². The van der Waals surface area contributed by atoms with Crippen molar-refractivity contribution in [1.82, 2.24) is 15.0 Å². The second-order valence-corrected chi connectivity index (χ2v) is 5.88. The number of aryl methyl sites for hydroxylation is 1. The zero-order valence-electron chi connectivity index (χ0n) is 12.2. The van der Waals surface area contributed by atoms with Gasteiger partial charge in [0.15, 0.2) is 0 Å². The Hall–Kier alpha value is -2.07. The third kappa shape index (κ3) is 2.59. The van der Waals surface area contributed by atoms with Crippen LogP contribution in [0.25, 0.3) is 10.9 Å². The number of fused-ring (bicyclic) bond motifs is 1. The number of nitrogens with zero attached hydrogens (tertiary/aromatic N) is 2. The van der Waals surface area contributed by atoms with E-state index in [0.29, 0.717) is 0 Å². The summed E-state index contributed by atoms with van der Waals surface area (Å²) >= 11 is 0. The van der Waals surface area contributed by atoms with E-state index in [-0.39, 0.29) is 0 Å². The molecule has 1 saturated carbocycles. The third-order valence-electron chi connectivity index (χ3n) is 4.04. The number of aromatic nitrogens is 2. The maximum absolute atomic E-state index is 5.17. The SMILES string of the molecule is Cc1cc(Cn2ccc3cccc(CNC4CC4)c32)no1. The van der Waals surface area contributed by atoms with Crippen LogP contribution in [-0.2, 0) is 13.1 Å². The van der Waals surface area contributed by atoms with Gasteiger partial charge in [0.25, 0.3) is 0 Å². The maximum Gasteiger partial charge on any atom is 0.133 e. The molecule has 0 aliphatic heterocycles. The highest BCUT2D eigenvalue weighted by atomic mass is 16.5. The van der Waals surface area contributed by atoms with Gasteiger partial charge >= 0.3 is 0 Å². The molecule has 4 nitrogen and oxygen atoms in total. The van der Waals surface area contributed by atoms with Gasteiger partial charge in [-0.2, -0.15) is 0 Å². The molecule has 108 valence electrons. The first-order valence-corrected chi connectivity index (χ1v) is 7.52. The van der Waals surface area contributed by atoms with E-state index in [2.05, 4.69) is 45.5 Å². The molecule has 21 heavy (non-hydrogen) atoms. The maximum atomic E-state index is 5.17. The summed E-state index contributed by atoms with van der Waals surface area (Å²) in [5.41, 5.74) is 3.62. The van der Waals surface area contributed by atoms with Crippen LogP contribution in [0, 0.1) is 6.92 Å². The van der Waals surface area contributed by atoms with Crippen LogP contribution >= 0.6 is 0 Å². The van der Waals surface area contributed by atoms with Gasteiger partial charge in [-0.05, 0) is 36.8 Å². The second kappa shape index (κ2) is 5.04. The third-order valence-corrected chi connectivity index (χ3v) is 4.04. The summed E-state index contributed by atoms with van der Waals surface area (Å²) in [6.07, 6.45) is 4.76. The lowest BCUT2D eigenvalue weighted by atomic mass is 10.1. The molecule has 1 N–H and O–H groups in total. The summed E-state index contributed by atoms with van der Waals surface area (Å²) in [5.74, 6) is 0.858. The van der Waals surface area contributed by atoms with E-state index in [1.54, 1.807) is 0 Å². The van der Waals surface area contributed by atoms with Crippen LogP contribution in [0.4, 0.5) is 0 Å². The number of hydrogen-bond acceptors (Lipinski definition) is 3. The van der Waals surface area contributed by atoms with Crippen LogP contribution in [0.2, 0.25) is 0 Å². The van der Waals surface area contributed by atoms with Crippen molar-refractivity contribution in [3.63, 3.8) is 0 Å². The zero-order chi connectivity index (χ0) is 14.2. The Morgan fingerprint density at radius 1 is 1.33 bits per heavy atom. The van der Waals surface area contributed by atoms with Gasteiger partial charge in [0.2, 0.25) is 0 Å². The van der Waals surface area contributed by atoms with Crippen molar-refractivity contribution in [2.75, 3.05) is 0 Å². The minimum Gasteiger partial charge on any atom is -0.361 e. The Morgan fingerprint density at radius 3 is 3.00 bits per heavy atom. The van der Waals surface area contributed by atoms with Crippen molar-refractivity contribution < 1.29 is 4.52 Å². The molecule has 0 bridgehead atoms. The average Bonchev–Trinajstić information content (AvgIpc) is 3.10. The van der Waals surface area contributed by atoms with Crippen LogP contribution in [0.5, 0.6) is 0 Å². The topological polar surface area (TPSA) is 43.0 Å². The monoisotopic (exact) mass is 281 g/mol. The highest BCUT2D eigenvalue weighted by Crippen LogP contribution is 2.24. The largest absolute Gasteiger partial charge is 0.361 e.